The number of thiazole rings is 1. The summed E-state index contributed by atoms with van der Waals surface area (Å²) in [5, 5.41) is 3.51. The van der Waals surface area contributed by atoms with Crippen LogP contribution in [0.25, 0.3) is 10.2 Å². The third-order valence-corrected chi connectivity index (χ3v) is 3.85. The van der Waals surface area contributed by atoms with E-state index in [2.05, 4.69) is 17.2 Å². The second-order valence-corrected chi connectivity index (χ2v) is 5.64. The van der Waals surface area contributed by atoms with Crippen molar-refractivity contribution in [2.75, 3.05) is 11.1 Å². The van der Waals surface area contributed by atoms with Gasteiger partial charge in [0.25, 0.3) is 0 Å². The molecule has 1 aromatic carbocycles. The number of nitrogens with one attached hydrogen (secondary N) is 1. The van der Waals surface area contributed by atoms with Crippen LogP contribution in [-0.4, -0.2) is 10.9 Å². The van der Waals surface area contributed by atoms with Crippen molar-refractivity contribution in [3.8, 4) is 0 Å². The minimum Gasteiger partial charge on any atom is -0.399 e. The molecule has 0 aliphatic carbocycles. The maximum absolute atomic E-state index is 11.8. The van der Waals surface area contributed by atoms with Gasteiger partial charge in [0.05, 0.1) is 10.2 Å². The lowest BCUT2D eigenvalue weighted by Crippen LogP contribution is -2.10. The predicted octanol–water partition coefficient (Wildman–Crippen LogP) is 3.79. The molecule has 0 radical (unpaired) electrons. The number of benzene rings is 1. The number of unbranched alkanes of at least 4 members (excludes halogenated alkanes) is 3. The zero-order valence-electron chi connectivity index (χ0n) is 11.1. The van der Waals surface area contributed by atoms with Gasteiger partial charge in [-0.25, -0.2) is 4.98 Å². The van der Waals surface area contributed by atoms with Gasteiger partial charge in [-0.15, -0.1) is 0 Å². The summed E-state index contributed by atoms with van der Waals surface area (Å²) in [6.45, 7) is 2.16. The molecule has 0 saturated carbocycles. The Labute approximate surface area is 117 Å². The van der Waals surface area contributed by atoms with Gasteiger partial charge in [0.2, 0.25) is 5.91 Å². The molecule has 1 aromatic heterocycles. The number of hydrogen-bond acceptors (Lipinski definition) is 4. The highest BCUT2D eigenvalue weighted by Crippen LogP contribution is 2.27. The third-order valence-electron chi connectivity index (χ3n) is 2.92. The molecular weight excluding hydrogens is 258 g/mol. The summed E-state index contributed by atoms with van der Waals surface area (Å²) in [6, 6.07) is 5.57. The van der Waals surface area contributed by atoms with Crippen LogP contribution in [0, 0.1) is 0 Å². The first-order valence-corrected chi connectivity index (χ1v) is 7.46. The molecule has 0 unspecified atom stereocenters. The van der Waals surface area contributed by atoms with E-state index in [9.17, 15) is 4.79 Å². The molecule has 0 saturated heterocycles. The van der Waals surface area contributed by atoms with Crippen molar-refractivity contribution in [2.24, 2.45) is 0 Å². The summed E-state index contributed by atoms with van der Waals surface area (Å²) in [7, 11) is 0. The average molecular weight is 277 g/mol. The van der Waals surface area contributed by atoms with Gasteiger partial charge in [-0.05, 0) is 24.6 Å². The van der Waals surface area contributed by atoms with Crippen LogP contribution in [0.2, 0.25) is 0 Å². The average Bonchev–Trinajstić information content (AvgIpc) is 2.76. The van der Waals surface area contributed by atoms with Crippen LogP contribution < -0.4 is 11.1 Å². The Morgan fingerprint density at radius 3 is 3.00 bits per heavy atom. The maximum atomic E-state index is 11.8. The number of anilines is 2. The number of carbonyl (C=O) groups is 1. The maximum Gasteiger partial charge on any atom is 0.226 e. The van der Waals surface area contributed by atoms with Crippen LogP contribution in [0.15, 0.2) is 18.2 Å². The Kier molecular flexibility index (Phi) is 4.74. The number of nitrogens with zero attached hydrogens (tertiary/aromatic N) is 1. The molecule has 1 amide bonds. The molecule has 2 rings (SSSR count). The Morgan fingerprint density at radius 1 is 1.37 bits per heavy atom. The van der Waals surface area contributed by atoms with Crippen molar-refractivity contribution in [3.05, 3.63) is 18.2 Å². The fraction of sp³-hybridized carbons (Fsp3) is 0.429. The molecule has 2 aromatic rings. The van der Waals surface area contributed by atoms with E-state index in [1.165, 1.54) is 24.2 Å². The number of nitrogen functional groups attached to an aromatic ring is 1. The first-order chi connectivity index (χ1) is 9.19. The van der Waals surface area contributed by atoms with E-state index in [1.807, 2.05) is 18.2 Å². The van der Waals surface area contributed by atoms with E-state index < -0.39 is 0 Å². The molecule has 0 fully saturated rings. The number of rotatable bonds is 6. The van der Waals surface area contributed by atoms with Crippen LogP contribution in [-0.2, 0) is 4.79 Å². The molecular formula is C14H19N3OS. The normalized spacial score (nSPS) is 10.8. The molecule has 0 atom stereocenters. The van der Waals surface area contributed by atoms with Crippen molar-refractivity contribution in [1.82, 2.24) is 4.98 Å². The summed E-state index contributed by atoms with van der Waals surface area (Å²) in [5.41, 5.74) is 7.31. The predicted molar refractivity (Wildman–Crippen MR) is 81.4 cm³/mol. The molecule has 3 N–H and O–H groups in total. The van der Waals surface area contributed by atoms with E-state index in [1.54, 1.807) is 0 Å². The van der Waals surface area contributed by atoms with Crippen molar-refractivity contribution >= 4 is 38.3 Å². The third kappa shape index (κ3) is 3.92. The van der Waals surface area contributed by atoms with Crippen molar-refractivity contribution in [1.29, 1.82) is 0 Å². The van der Waals surface area contributed by atoms with Crippen molar-refractivity contribution < 1.29 is 4.79 Å². The lowest BCUT2D eigenvalue weighted by molar-refractivity contribution is -0.116. The lowest BCUT2D eigenvalue weighted by atomic mass is 10.1. The van der Waals surface area contributed by atoms with Gasteiger partial charge in [-0.1, -0.05) is 37.5 Å². The second-order valence-electron chi connectivity index (χ2n) is 4.61. The number of nitrogens with two attached hydrogens (primary N) is 1. The zero-order valence-corrected chi connectivity index (χ0v) is 11.9. The van der Waals surface area contributed by atoms with E-state index >= 15 is 0 Å². The highest BCUT2D eigenvalue weighted by molar-refractivity contribution is 7.22. The van der Waals surface area contributed by atoms with Gasteiger partial charge in [0.1, 0.15) is 0 Å². The molecule has 102 valence electrons. The van der Waals surface area contributed by atoms with Crippen LogP contribution in [0.4, 0.5) is 10.8 Å². The minimum atomic E-state index is 0.0446. The number of fused-ring (bicyclic) bond motifs is 1. The van der Waals surface area contributed by atoms with Gasteiger partial charge in [0, 0.05) is 12.1 Å². The van der Waals surface area contributed by atoms with Crippen LogP contribution >= 0.6 is 11.3 Å². The van der Waals surface area contributed by atoms with Crippen LogP contribution in [0.1, 0.15) is 39.0 Å². The largest absolute Gasteiger partial charge is 0.399 e. The van der Waals surface area contributed by atoms with Crippen molar-refractivity contribution in [3.63, 3.8) is 0 Å². The van der Waals surface area contributed by atoms with E-state index in [0.717, 1.165) is 23.1 Å². The highest BCUT2D eigenvalue weighted by Gasteiger charge is 2.07. The first-order valence-electron chi connectivity index (χ1n) is 6.65. The minimum absolute atomic E-state index is 0.0446. The van der Waals surface area contributed by atoms with E-state index in [0.29, 0.717) is 17.2 Å². The lowest BCUT2D eigenvalue weighted by Gasteiger charge is -2.00. The molecule has 5 heteroatoms. The number of aromatic nitrogens is 1. The quantitative estimate of drug-likeness (QED) is 0.623. The van der Waals surface area contributed by atoms with Crippen LogP contribution in [0.3, 0.4) is 0 Å². The fourth-order valence-electron chi connectivity index (χ4n) is 1.89. The first kappa shape index (κ1) is 13.8. The summed E-state index contributed by atoms with van der Waals surface area (Å²) >= 11 is 1.46. The summed E-state index contributed by atoms with van der Waals surface area (Å²) in [6.07, 6.45) is 4.99. The molecule has 0 aliphatic heterocycles. The Morgan fingerprint density at radius 2 is 2.21 bits per heavy atom. The summed E-state index contributed by atoms with van der Waals surface area (Å²) < 4.78 is 1.00. The summed E-state index contributed by atoms with van der Waals surface area (Å²) in [5.74, 6) is 0.0446. The standard InChI is InChI=1S/C14H19N3OS/c1-2-3-4-5-6-13(18)17-14-16-11-8-7-10(15)9-12(11)19-14/h7-9H,2-6,15H2,1H3,(H,16,17,18). The highest BCUT2D eigenvalue weighted by atomic mass is 32.1. The van der Waals surface area contributed by atoms with Gasteiger partial charge in [-0.2, -0.15) is 0 Å². The summed E-state index contributed by atoms with van der Waals surface area (Å²) in [4.78, 5) is 16.1. The molecule has 0 aliphatic rings. The van der Waals surface area contributed by atoms with E-state index in [4.69, 9.17) is 5.73 Å². The Hall–Kier alpha value is -1.62. The smallest absolute Gasteiger partial charge is 0.226 e. The topological polar surface area (TPSA) is 68.0 Å². The molecule has 0 bridgehead atoms. The molecule has 0 spiro atoms. The SMILES string of the molecule is CCCCCCC(=O)Nc1nc2ccc(N)cc2s1. The van der Waals surface area contributed by atoms with Gasteiger partial charge < -0.3 is 11.1 Å². The number of hydrogen-bond donors (Lipinski definition) is 2. The molecule has 4 nitrogen and oxygen atoms in total. The van der Waals surface area contributed by atoms with Crippen LogP contribution in [0.5, 0.6) is 0 Å². The van der Waals surface area contributed by atoms with Crippen molar-refractivity contribution in [2.45, 2.75) is 39.0 Å². The van der Waals surface area contributed by atoms with Gasteiger partial charge in [-0.3, -0.25) is 4.79 Å². The molecule has 1 heterocycles. The number of carbonyl (C=O) groups excluding carboxylic acids is 1. The van der Waals surface area contributed by atoms with Gasteiger partial charge >= 0.3 is 0 Å². The Balaban J connectivity index is 1.91. The zero-order chi connectivity index (χ0) is 13.7. The Bertz CT molecular complexity index is 565. The monoisotopic (exact) mass is 277 g/mol. The van der Waals surface area contributed by atoms with E-state index in [-0.39, 0.29) is 5.91 Å². The van der Waals surface area contributed by atoms with Gasteiger partial charge in [0.15, 0.2) is 5.13 Å². The second kappa shape index (κ2) is 6.52. The number of amides is 1. The molecule has 19 heavy (non-hydrogen) atoms. The fourth-order valence-corrected chi connectivity index (χ4v) is 2.82.